The minimum Gasteiger partial charge on any atom is -0.870 e. The Balaban J connectivity index is 0.000000272. The van der Waals surface area contributed by atoms with Crippen LogP contribution in [0.1, 0.15) is 60.4 Å². The van der Waals surface area contributed by atoms with Gasteiger partial charge < -0.3 is 26.4 Å². The maximum Gasteiger partial charge on any atom is 1.00 e. The molecule has 2 aliphatic carbocycles. The number of ether oxygens (including phenoxy) is 2. The van der Waals surface area contributed by atoms with Crippen molar-refractivity contribution in [2.45, 2.75) is 56.9 Å². The van der Waals surface area contributed by atoms with Gasteiger partial charge in [0.25, 0.3) is 0 Å². The summed E-state index contributed by atoms with van der Waals surface area (Å²) in [4.78, 5) is 15.5. The summed E-state index contributed by atoms with van der Waals surface area (Å²) in [6, 6.07) is 10.6. The van der Waals surface area contributed by atoms with E-state index >= 15 is 0 Å². The third kappa shape index (κ3) is 8.24. The summed E-state index contributed by atoms with van der Waals surface area (Å²) in [6.45, 7) is 2.32. The molecule has 2 atom stereocenters. The van der Waals surface area contributed by atoms with E-state index in [4.69, 9.17) is 21.1 Å². The molecule has 2 fully saturated rings. The Morgan fingerprint density at radius 3 is 2.52 bits per heavy atom. The molecule has 0 spiro atoms. The van der Waals surface area contributed by atoms with Crippen LogP contribution < -0.4 is 66.2 Å². The van der Waals surface area contributed by atoms with E-state index in [2.05, 4.69) is 39.3 Å². The van der Waals surface area contributed by atoms with Crippen molar-refractivity contribution in [3.05, 3.63) is 76.4 Å². The van der Waals surface area contributed by atoms with Crippen molar-refractivity contribution in [3.63, 3.8) is 0 Å². The Hall–Kier alpha value is -2.23. The molecule has 4 N–H and O–H groups in total. The summed E-state index contributed by atoms with van der Waals surface area (Å²) in [7, 11) is 1.70. The predicted molar refractivity (Wildman–Crippen MR) is 165 cm³/mol. The first-order valence-corrected chi connectivity index (χ1v) is 14.8. The Kier molecular flexibility index (Phi) is 13.5. The van der Waals surface area contributed by atoms with Crippen molar-refractivity contribution in [2.24, 2.45) is 5.92 Å². The van der Waals surface area contributed by atoms with Crippen LogP contribution in [0.25, 0.3) is 28.3 Å². The molecule has 242 valence electrons. The molecule has 2 aromatic carbocycles. The number of alkyl halides is 2. The van der Waals surface area contributed by atoms with Crippen LogP contribution in [0.3, 0.4) is 0 Å². The van der Waals surface area contributed by atoms with Gasteiger partial charge in [-0.2, -0.15) is 5.10 Å². The number of benzene rings is 2. The van der Waals surface area contributed by atoms with Gasteiger partial charge >= 0.3 is 51.4 Å². The van der Waals surface area contributed by atoms with Crippen LogP contribution in [0.2, 0.25) is 5.02 Å². The topological polar surface area (TPSA) is 142 Å². The van der Waals surface area contributed by atoms with Crippen LogP contribution in [0.4, 0.5) is 13.2 Å². The molecule has 9 nitrogen and oxygen atoms in total. The Bertz CT molecular complexity index is 1670. The Morgan fingerprint density at radius 2 is 1.91 bits per heavy atom. The van der Waals surface area contributed by atoms with Gasteiger partial charge in [0.2, 0.25) is 12.8 Å². The van der Waals surface area contributed by atoms with Crippen LogP contribution in [-0.2, 0) is 4.79 Å². The zero-order valence-electron chi connectivity index (χ0n) is 25.9. The Morgan fingerprint density at radius 1 is 1.17 bits per heavy atom. The number of halogens is 4. The fraction of sp³-hybridized carbons (Fsp3) is 0.406. The minimum atomic E-state index is -2.58. The number of nitrogens with one attached hydrogen (secondary N) is 1. The molecule has 7 rings (SSSR count). The number of fused-ring (bicyclic) bond motifs is 2. The number of methoxy groups -OCH3 is 1. The molecule has 0 radical (unpaired) electrons. The standard InChI is InChI=1S/C20H18ClF3N2O2.C12H14N2O.K.H2N.H2O/c21-15-5-11(3-4-16(15)22)18-19-12(14(8-28-19)20(23)24)6-17(26-18)13(7-25-9-27)10-1-2-10;1-8-5-9-7-14(10-3-4-10)13-12(9)11(6-8)15-2;;;/h3-6,9-10,13-14,20H,1-2,7-8H2,(H,25,27);5-7,10H,3-4H2,1-2H3;;2*1H2/q;;+1;-1;/p-1. The molecule has 0 saturated heterocycles. The van der Waals surface area contributed by atoms with Crippen LogP contribution in [0.5, 0.6) is 11.5 Å². The van der Waals surface area contributed by atoms with Gasteiger partial charge in [-0.05, 0) is 80.5 Å². The number of nitrogens with two attached hydrogens (primary N) is 1. The normalized spacial score (nSPS) is 16.9. The number of carbonyl (C=O) groups is 1. The quantitative estimate of drug-likeness (QED) is 0.199. The second-order valence-electron chi connectivity index (χ2n) is 11.4. The first kappa shape index (κ1) is 38.2. The summed E-state index contributed by atoms with van der Waals surface area (Å²) in [5.41, 5.74) is 4.09. The summed E-state index contributed by atoms with van der Waals surface area (Å²) < 4.78 is 53.7. The minimum absolute atomic E-state index is 0. The number of hydrogen-bond donors (Lipinski definition) is 1. The van der Waals surface area contributed by atoms with Gasteiger partial charge in [0, 0.05) is 40.9 Å². The predicted octanol–water partition coefficient (Wildman–Crippen LogP) is 4.75. The van der Waals surface area contributed by atoms with Gasteiger partial charge in [0.05, 0.1) is 24.1 Å². The summed E-state index contributed by atoms with van der Waals surface area (Å²) in [5, 5.41) is 8.35. The molecule has 1 amide bonds. The van der Waals surface area contributed by atoms with Crippen LogP contribution in [0, 0.1) is 18.7 Å². The largest absolute Gasteiger partial charge is 1.00 e. The molecule has 46 heavy (non-hydrogen) atoms. The van der Waals surface area contributed by atoms with Gasteiger partial charge in [-0.25, -0.2) is 18.2 Å². The van der Waals surface area contributed by atoms with Gasteiger partial charge in [0.15, 0.2) is 0 Å². The molecule has 14 heteroatoms. The third-order valence-corrected chi connectivity index (χ3v) is 8.48. The zero-order chi connectivity index (χ0) is 30.2. The second kappa shape index (κ2) is 16.2. The SMILES string of the molecule is COc1cc(C)cc2cn(C3CC3)nc12.O=CNCC(c1cc2c(c(-c3ccc(F)c(Cl)c3)n1)OCC2C(F)F)C1CC1.[K+].[NH2-].[OH-]. The van der Waals surface area contributed by atoms with Gasteiger partial charge in [-0.3, -0.25) is 9.48 Å². The number of aryl methyl sites for hydroxylation is 1. The van der Waals surface area contributed by atoms with Gasteiger partial charge in [-0.1, -0.05) is 11.6 Å². The van der Waals surface area contributed by atoms with Crippen molar-refractivity contribution in [1.82, 2.24) is 20.1 Å². The van der Waals surface area contributed by atoms with E-state index in [0.717, 1.165) is 24.1 Å². The van der Waals surface area contributed by atoms with E-state index in [1.54, 1.807) is 13.2 Å². The van der Waals surface area contributed by atoms with E-state index in [9.17, 15) is 18.0 Å². The number of pyridine rings is 1. The average molecular weight is 685 g/mol. The summed E-state index contributed by atoms with van der Waals surface area (Å²) in [5.74, 6) is -0.195. The Labute approximate surface area is 312 Å². The molecule has 3 heterocycles. The maximum absolute atomic E-state index is 13.6. The molecule has 0 bridgehead atoms. The van der Waals surface area contributed by atoms with E-state index in [0.29, 0.717) is 47.4 Å². The maximum atomic E-state index is 13.6. The van der Waals surface area contributed by atoms with Crippen molar-refractivity contribution in [3.8, 4) is 22.8 Å². The number of nitrogens with zero attached hydrogens (tertiary/aromatic N) is 3. The first-order valence-electron chi connectivity index (χ1n) is 14.4. The van der Waals surface area contributed by atoms with E-state index in [1.807, 2.05) is 6.07 Å². The number of aromatic nitrogens is 3. The number of hydrogen-bond acceptors (Lipinski definition) is 6. The van der Waals surface area contributed by atoms with E-state index in [-0.39, 0.29) is 86.3 Å². The van der Waals surface area contributed by atoms with Crippen molar-refractivity contribution in [1.29, 1.82) is 0 Å². The van der Waals surface area contributed by atoms with Crippen LogP contribution in [0.15, 0.2) is 42.6 Å². The summed E-state index contributed by atoms with van der Waals surface area (Å²) in [6.07, 6.45) is 4.68. The van der Waals surface area contributed by atoms with Gasteiger partial charge in [0.1, 0.15) is 35.1 Å². The molecule has 2 saturated carbocycles. The second-order valence-corrected chi connectivity index (χ2v) is 11.8. The molecular weight excluding hydrogens is 650 g/mol. The first-order chi connectivity index (χ1) is 20.8. The fourth-order valence-electron chi connectivity index (χ4n) is 5.63. The van der Waals surface area contributed by atoms with Crippen molar-refractivity contribution in [2.75, 3.05) is 20.3 Å². The van der Waals surface area contributed by atoms with E-state index in [1.165, 1.54) is 42.0 Å². The number of carbonyl (C=O) groups excluding carboxylic acids is 1. The van der Waals surface area contributed by atoms with E-state index < -0.39 is 18.2 Å². The van der Waals surface area contributed by atoms with Crippen molar-refractivity contribution >= 4 is 28.9 Å². The number of amides is 1. The van der Waals surface area contributed by atoms with Crippen LogP contribution in [-0.4, -0.2) is 53.3 Å². The summed E-state index contributed by atoms with van der Waals surface area (Å²) >= 11 is 5.91. The monoisotopic (exact) mass is 684 g/mol. The molecule has 2 unspecified atom stereocenters. The van der Waals surface area contributed by atoms with Crippen LogP contribution >= 0.6 is 11.6 Å². The fourth-order valence-corrected chi connectivity index (χ4v) is 5.81. The third-order valence-electron chi connectivity index (χ3n) is 8.19. The smallest absolute Gasteiger partial charge is 0.870 e. The number of rotatable bonds is 9. The van der Waals surface area contributed by atoms with Gasteiger partial charge in [-0.15, -0.1) is 0 Å². The zero-order valence-corrected chi connectivity index (χ0v) is 29.7. The van der Waals surface area contributed by atoms with Crippen molar-refractivity contribution < 1.29 is 84.3 Å². The molecule has 4 aromatic rings. The molecule has 2 aromatic heterocycles. The molecule has 3 aliphatic rings. The molecular formula is C32H35ClF3KN5O4-. The average Bonchev–Trinajstić information content (AvgIpc) is 3.92. The molecule has 1 aliphatic heterocycles.